The van der Waals surface area contributed by atoms with E-state index < -0.39 is 29.7 Å². The van der Waals surface area contributed by atoms with Crippen LogP contribution in [0, 0.1) is 17.0 Å². The molecule has 0 aliphatic heterocycles. The second-order valence-electron chi connectivity index (χ2n) is 9.45. The number of phenolic OH excluding ortho intramolecular Hbond substituents is 1. The number of carbonyl (C=O) groups is 1. The van der Waals surface area contributed by atoms with E-state index in [0.717, 1.165) is 50.7 Å². The molecule has 0 spiro atoms. The van der Waals surface area contributed by atoms with Gasteiger partial charge in [-0.1, -0.05) is 5.16 Å². The van der Waals surface area contributed by atoms with E-state index in [2.05, 4.69) is 20.4 Å². The predicted octanol–water partition coefficient (Wildman–Crippen LogP) is 5.08. The molecular weight excluding hydrogens is 468 g/mol. The molecular formula is C24H22F4N4O3. The first-order valence-corrected chi connectivity index (χ1v) is 11.3. The van der Waals surface area contributed by atoms with Crippen LogP contribution in [0.5, 0.6) is 5.75 Å². The van der Waals surface area contributed by atoms with Gasteiger partial charge in [0, 0.05) is 29.3 Å². The fourth-order valence-electron chi connectivity index (χ4n) is 5.14. The van der Waals surface area contributed by atoms with Crippen molar-refractivity contribution in [3.8, 4) is 17.1 Å². The summed E-state index contributed by atoms with van der Waals surface area (Å²) in [6, 6.07) is 4.34. The maximum absolute atomic E-state index is 13.6. The van der Waals surface area contributed by atoms with Crippen molar-refractivity contribution in [3.63, 3.8) is 0 Å². The third-order valence-electron chi connectivity index (χ3n) is 7.45. The van der Waals surface area contributed by atoms with E-state index >= 15 is 0 Å². The third-order valence-corrected chi connectivity index (χ3v) is 7.45. The van der Waals surface area contributed by atoms with E-state index in [1.807, 2.05) is 0 Å². The van der Waals surface area contributed by atoms with Crippen molar-refractivity contribution in [1.29, 1.82) is 0 Å². The standard InChI is InChI=1S/C24H22F4N4O3/c25-15-9-14(10-16(26)18(15)33)21(34)30-12-23-3-6-24(7-4-23,8-5-23)22-31-20(32-35-22)13-1-2-17(19(27)28)29-11-13/h1-2,9-11,19,33H,3-8,12H2,(H,30,34)/t23-,24+. The number of pyridine rings is 1. The molecule has 1 aromatic carbocycles. The van der Waals surface area contributed by atoms with Crippen LogP contribution in [0.2, 0.25) is 0 Å². The number of aromatic hydroxyl groups is 1. The Hall–Kier alpha value is -3.50. The number of nitrogens with zero attached hydrogens (tertiary/aromatic N) is 3. The summed E-state index contributed by atoms with van der Waals surface area (Å²) in [7, 11) is 0. The number of halogens is 4. The van der Waals surface area contributed by atoms with Crippen molar-refractivity contribution in [2.75, 3.05) is 6.54 Å². The Balaban J connectivity index is 1.23. The molecule has 2 N–H and O–H groups in total. The monoisotopic (exact) mass is 490 g/mol. The Bertz CT molecular complexity index is 1210. The molecule has 184 valence electrons. The fourth-order valence-corrected chi connectivity index (χ4v) is 5.14. The normalized spacial score (nSPS) is 23.6. The first kappa shape index (κ1) is 23.3. The molecule has 3 fully saturated rings. The molecule has 11 heteroatoms. The first-order chi connectivity index (χ1) is 16.7. The van der Waals surface area contributed by atoms with Gasteiger partial charge in [0.15, 0.2) is 17.4 Å². The van der Waals surface area contributed by atoms with Gasteiger partial charge in [0.25, 0.3) is 12.3 Å². The lowest BCUT2D eigenvalue weighted by Gasteiger charge is -2.51. The number of hydrogen-bond acceptors (Lipinski definition) is 6. The average molecular weight is 490 g/mol. The van der Waals surface area contributed by atoms with E-state index in [1.165, 1.54) is 18.3 Å². The van der Waals surface area contributed by atoms with E-state index in [-0.39, 0.29) is 22.1 Å². The molecule has 0 radical (unpaired) electrons. The number of amides is 1. The average Bonchev–Trinajstić information content (AvgIpc) is 3.38. The third kappa shape index (κ3) is 4.23. The number of alkyl halides is 2. The fraction of sp³-hybridized carbons (Fsp3) is 0.417. The minimum Gasteiger partial charge on any atom is -0.503 e. The summed E-state index contributed by atoms with van der Waals surface area (Å²) < 4.78 is 58.2. The lowest BCUT2D eigenvalue weighted by molar-refractivity contribution is 0.0229. The van der Waals surface area contributed by atoms with Crippen LogP contribution in [0.4, 0.5) is 17.6 Å². The highest BCUT2D eigenvalue weighted by Gasteiger charge is 2.52. The number of phenols is 1. The molecule has 0 unspecified atom stereocenters. The van der Waals surface area contributed by atoms with Gasteiger partial charge in [-0.25, -0.2) is 17.6 Å². The second-order valence-corrected chi connectivity index (χ2v) is 9.45. The molecule has 0 atom stereocenters. The summed E-state index contributed by atoms with van der Waals surface area (Å²) in [6.07, 6.45) is 3.37. The number of carbonyl (C=O) groups excluding carboxylic acids is 1. The summed E-state index contributed by atoms with van der Waals surface area (Å²) in [6.45, 7) is 0.364. The van der Waals surface area contributed by atoms with Crippen LogP contribution in [0.1, 0.15) is 66.9 Å². The van der Waals surface area contributed by atoms with E-state index in [4.69, 9.17) is 4.52 Å². The number of benzene rings is 1. The summed E-state index contributed by atoms with van der Waals surface area (Å²) in [5.74, 6) is -3.28. The van der Waals surface area contributed by atoms with Crippen LogP contribution in [0.3, 0.4) is 0 Å². The number of hydrogen-bond donors (Lipinski definition) is 2. The first-order valence-electron chi connectivity index (χ1n) is 11.3. The summed E-state index contributed by atoms with van der Waals surface area (Å²) in [5, 5.41) is 16.0. The van der Waals surface area contributed by atoms with Crippen molar-refractivity contribution in [3.05, 3.63) is 59.2 Å². The van der Waals surface area contributed by atoms with Gasteiger partial charge in [-0.05, 0) is 68.2 Å². The van der Waals surface area contributed by atoms with Crippen LogP contribution in [-0.2, 0) is 5.41 Å². The molecule has 7 nitrogen and oxygen atoms in total. The van der Waals surface area contributed by atoms with Crippen LogP contribution >= 0.6 is 0 Å². The zero-order chi connectivity index (χ0) is 24.8. The molecule has 35 heavy (non-hydrogen) atoms. The van der Waals surface area contributed by atoms with Gasteiger partial charge in [-0.2, -0.15) is 4.98 Å². The molecule has 3 aromatic rings. The number of aromatic nitrogens is 3. The van der Waals surface area contributed by atoms with Gasteiger partial charge in [0.1, 0.15) is 5.69 Å². The maximum Gasteiger partial charge on any atom is 0.280 e. The van der Waals surface area contributed by atoms with Gasteiger partial charge in [-0.3, -0.25) is 9.78 Å². The zero-order valence-electron chi connectivity index (χ0n) is 18.5. The van der Waals surface area contributed by atoms with Gasteiger partial charge in [-0.15, -0.1) is 0 Å². The largest absolute Gasteiger partial charge is 0.503 e. The van der Waals surface area contributed by atoms with E-state index in [0.29, 0.717) is 23.8 Å². The Labute approximate surface area is 197 Å². The minimum atomic E-state index is -2.65. The molecule has 6 rings (SSSR count). The van der Waals surface area contributed by atoms with Crippen molar-refractivity contribution in [2.45, 2.75) is 50.4 Å². The summed E-state index contributed by atoms with van der Waals surface area (Å²) >= 11 is 0. The lowest BCUT2D eigenvalue weighted by Crippen LogP contribution is -2.49. The SMILES string of the molecule is O=C(NC[C@]12CC[C@](c3nc(-c4ccc(C(F)F)nc4)no3)(CC1)CC2)c1cc(F)c(O)c(F)c1. The number of fused-ring (bicyclic) bond motifs is 3. The topological polar surface area (TPSA) is 101 Å². The summed E-state index contributed by atoms with van der Waals surface area (Å²) in [5.41, 5.74) is -0.434. The molecule has 2 bridgehead atoms. The second kappa shape index (κ2) is 8.62. The molecule has 1 amide bonds. The Morgan fingerprint density at radius 2 is 1.74 bits per heavy atom. The Kier molecular flexibility index (Phi) is 5.72. The van der Waals surface area contributed by atoms with Crippen molar-refractivity contribution in [2.24, 2.45) is 5.41 Å². The van der Waals surface area contributed by atoms with Crippen LogP contribution in [0.25, 0.3) is 11.4 Å². The van der Waals surface area contributed by atoms with Gasteiger partial charge in [0.2, 0.25) is 11.7 Å². The highest BCUT2D eigenvalue weighted by Crippen LogP contribution is 2.57. The molecule has 3 aliphatic carbocycles. The van der Waals surface area contributed by atoms with Crippen molar-refractivity contribution >= 4 is 5.91 Å². The number of rotatable bonds is 6. The van der Waals surface area contributed by atoms with Gasteiger partial charge >= 0.3 is 0 Å². The minimum absolute atomic E-state index is 0.136. The number of nitrogens with one attached hydrogen (secondary N) is 1. The summed E-state index contributed by atoms with van der Waals surface area (Å²) in [4.78, 5) is 20.7. The molecule has 3 aliphatic rings. The van der Waals surface area contributed by atoms with Crippen LogP contribution in [0.15, 0.2) is 35.0 Å². The van der Waals surface area contributed by atoms with Crippen molar-refractivity contribution in [1.82, 2.24) is 20.4 Å². The maximum atomic E-state index is 13.6. The van der Waals surface area contributed by atoms with E-state index in [1.54, 1.807) is 0 Å². The molecule has 2 heterocycles. The lowest BCUT2D eigenvalue weighted by atomic mass is 9.53. The smallest absolute Gasteiger partial charge is 0.280 e. The zero-order valence-corrected chi connectivity index (χ0v) is 18.5. The Morgan fingerprint density at radius 1 is 1.09 bits per heavy atom. The molecule has 0 saturated heterocycles. The molecule has 3 saturated carbocycles. The molecule has 2 aromatic heterocycles. The quantitative estimate of drug-likeness (QED) is 0.468. The van der Waals surface area contributed by atoms with Gasteiger partial charge in [0.05, 0.1) is 0 Å². The Morgan fingerprint density at radius 3 is 2.31 bits per heavy atom. The van der Waals surface area contributed by atoms with Crippen LogP contribution < -0.4 is 5.32 Å². The highest BCUT2D eigenvalue weighted by molar-refractivity contribution is 5.94. The van der Waals surface area contributed by atoms with Crippen LogP contribution in [-0.4, -0.2) is 32.7 Å². The van der Waals surface area contributed by atoms with E-state index in [9.17, 15) is 27.5 Å². The predicted molar refractivity (Wildman–Crippen MR) is 115 cm³/mol. The van der Waals surface area contributed by atoms with Crippen molar-refractivity contribution < 1.29 is 32.0 Å². The van der Waals surface area contributed by atoms with Gasteiger partial charge < -0.3 is 14.9 Å². The highest BCUT2D eigenvalue weighted by atomic mass is 19.3.